The molecule has 0 spiro atoms. The van der Waals surface area contributed by atoms with Gasteiger partial charge in [-0.3, -0.25) is 0 Å². The Morgan fingerprint density at radius 3 is 2.50 bits per heavy atom. The minimum atomic E-state index is -3.65. The molecule has 102 valence electrons. The Labute approximate surface area is 116 Å². The summed E-state index contributed by atoms with van der Waals surface area (Å²) in [5.74, 6) is 0.412. The maximum absolute atomic E-state index is 12.7. The zero-order valence-corrected chi connectivity index (χ0v) is 11.6. The molecule has 0 saturated heterocycles. The largest absolute Gasteiger partial charge is 0.399 e. The molecule has 0 fully saturated rings. The molecule has 0 radical (unpaired) electrons. The van der Waals surface area contributed by atoms with Gasteiger partial charge in [-0.05, 0) is 37.3 Å². The maximum Gasteiger partial charge on any atom is 0.269 e. The van der Waals surface area contributed by atoms with Crippen LogP contribution in [0.1, 0.15) is 5.82 Å². The van der Waals surface area contributed by atoms with Gasteiger partial charge in [0.2, 0.25) is 0 Å². The predicted molar refractivity (Wildman–Crippen MR) is 77.9 cm³/mol. The van der Waals surface area contributed by atoms with Crippen molar-refractivity contribution in [2.24, 2.45) is 0 Å². The molecule has 1 aromatic heterocycles. The van der Waals surface area contributed by atoms with Crippen LogP contribution in [0.15, 0.2) is 53.4 Å². The molecule has 0 amide bonds. The van der Waals surface area contributed by atoms with Crippen LogP contribution in [0.4, 0.5) is 5.69 Å². The highest BCUT2D eigenvalue weighted by atomic mass is 32.2. The number of hydrogen-bond donors (Lipinski definition) is 1. The number of fused-ring (bicyclic) bond motifs is 1. The van der Waals surface area contributed by atoms with Crippen molar-refractivity contribution in [1.29, 1.82) is 0 Å². The summed E-state index contributed by atoms with van der Waals surface area (Å²) in [4.78, 5) is 4.50. The molecule has 0 saturated carbocycles. The van der Waals surface area contributed by atoms with Crippen LogP contribution >= 0.6 is 0 Å². The first-order valence-electron chi connectivity index (χ1n) is 6.05. The second-order valence-electron chi connectivity index (χ2n) is 4.49. The van der Waals surface area contributed by atoms with Crippen LogP contribution in [0.5, 0.6) is 0 Å². The van der Waals surface area contributed by atoms with Gasteiger partial charge in [0.25, 0.3) is 10.0 Å². The third-order valence-corrected chi connectivity index (χ3v) is 4.89. The fourth-order valence-electron chi connectivity index (χ4n) is 2.20. The summed E-state index contributed by atoms with van der Waals surface area (Å²) in [5, 5.41) is 0. The van der Waals surface area contributed by atoms with Gasteiger partial charge < -0.3 is 5.73 Å². The lowest BCUT2D eigenvalue weighted by Crippen LogP contribution is -2.14. The molecular weight excluding hydrogens is 274 g/mol. The van der Waals surface area contributed by atoms with E-state index in [2.05, 4.69) is 4.98 Å². The first kappa shape index (κ1) is 12.7. The number of nitrogens with two attached hydrogens (primary N) is 1. The van der Waals surface area contributed by atoms with Crippen molar-refractivity contribution in [2.45, 2.75) is 11.8 Å². The van der Waals surface area contributed by atoms with Gasteiger partial charge in [0, 0.05) is 5.69 Å². The van der Waals surface area contributed by atoms with E-state index in [4.69, 9.17) is 5.73 Å². The number of benzene rings is 2. The number of anilines is 1. The van der Waals surface area contributed by atoms with E-state index in [1.807, 2.05) is 0 Å². The molecule has 3 rings (SSSR count). The van der Waals surface area contributed by atoms with Gasteiger partial charge in [-0.15, -0.1) is 0 Å². The minimum Gasteiger partial charge on any atom is -0.399 e. The fraction of sp³-hybridized carbons (Fsp3) is 0.0714. The number of hydrogen-bond acceptors (Lipinski definition) is 4. The molecule has 2 N–H and O–H groups in total. The lowest BCUT2D eigenvalue weighted by atomic mass is 10.3. The van der Waals surface area contributed by atoms with E-state index in [9.17, 15) is 8.42 Å². The van der Waals surface area contributed by atoms with Crippen LogP contribution < -0.4 is 5.73 Å². The van der Waals surface area contributed by atoms with Crippen LogP contribution in [-0.2, 0) is 10.0 Å². The Hall–Kier alpha value is -2.34. The molecule has 0 aliphatic heterocycles. The molecule has 2 aromatic carbocycles. The lowest BCUT2D eigenvalue weighted by Gasteiger charge is -2.08. The van der Waals surface area contributed by atoms with Crippen molar-refractivity contribution in [3.8, 4) is 0 Å². The highest BCUT2D eigenvalue weighted by molar-refractivity contribution is 7.90. The third-order valence-electron chi connectivity index (χ3n) is 3.08. The van der Waals surface area contributed by atoms with Crippen LogP contribution in [-0.4, -0.2) is 17.4 Å². The van der Waals surface area contributed by atoms with Crippen molar-refractivity contribution < 1.29 is 8.42 Å². The number of rotatable bonds is 2. The Balaban J connectivity index is 2.32. The Morgan fingerprint density at radius 2 is 1.80 bits per heavy atom. The molecule has 3 aromatic rings. The average molecular weight is 287 g/mol. The molecule has 0 aliphatic carbocycles. The lowest BCUT2D eigenvalue weighted by molar-refractivity contribution is 0.587. The van der Waals surface area contributed by atoms with E-state index in [1.165, 1.54) is 3.97 Å². The van der Waals surface area contributed by atoms with E-state index < -0.39 is 10.0 Å². The zero-order valence-electron chi connectivity index (χ0n) is 10.8. The minimum absolute atomic E-state index is 0.235. The van der Waals surface area contributed by atoms with Gasteiger partial charge in [0.1, 0.15) is 5.82 Å². The molecule has 0 bridgehead atoms. The third kappa shape index (κ3) is 1.85. The predicted octanol–water partition coefficient (Wildman–Crippen LogP) is 2.16. The van der Waals surface area contributed by atoms with Gasteiger partial charge in [0.15, 0.2) is 0 Å². The molecule has 0 unspecified atom stereocenters. The SMILES string of the molecule is Cc1nc2cc(N)ccc2n1S(=O)(=O)c1ccccc1. The van der Waals surface area contributed by atoms with Gasteiger partial charge in [0.05, 0.1) is 15.9 Å². The summed E-state index contributed by atoms with van der Waals surface area (Å²) in [6, 6.07) is 13.3. The molecule has 20 heavy (non-hydrogen) atoms. The number of aryl methyl sites for hydroxylation is 1. The van der Waals surface area contributed by atoms with Gasteiger partial charge >= 0.3 is 0 Å². The second-order valence-corrected chi connectivity index (χ2v) is 6.28. The summed E-state index contributed by atoms with van der Waals surface area (Å²) in [6.45, 7) is 1.66. The average Bonchev–Trinajstić information content (AvgIpc) is 2.75. The van der Waals surface area contributed by atoms with Gasteiger partial charge in [-0.25, -0.2) is 17.4 Å². The monoisotopic (exact) mass is 287 g/mol. The Kier molecular flexibility index (Phi) is 2.76. The first-order chi connectivity index (χ1) is 9.50. The molecule has 5 nitrogen and oxygen atoms in total. The van der Waals surface area contributed by atoms with E-state index in [1.54, 1.807) is 55.5 Å². The van der Waals surface area contributed by atoms with Crippen molar-refractivity contribution >= 4 is 26.7 Å². The summed E-state index contributed by atoms with van der Waals surface area (Å²) in [5.41, 5.74) is 7.36. The Bertz CT molecular complexity index is 883. The van der Waals surface area contributed by atoms with Crippen LogP contribution in [0.25, 0.3) is 11.0 Å². The van der Waals surface area contributed by atoms with Crippen LogP contribution in [0, 0.1) is 6.92 Å². The van der Waals surface area contributed by atoms with E-state index in [-0.39, 0.29) is 4.90 Å². The van der Waals surface area contributed by atoms with Gasteiger partial charge in [-0.2, -0.15) is 0 Å². The highest BCUT2D eigenvalue weighted by Gasteiger charge is 2.22. The first-order valence-corrected chi connectivity index (χ1v) is 7.49. The number of aromatic nitrogens is 2. The van der Waals surface area contributed by atoms with Crippen molar-refractivity contribution in [3.05, 3.63) is 54.4 Å². The smallest absolute Gasteiger partial charge is 0.269 e. The summed E-state index contributed by atoms with van der Waals surface area (Å²) < 4.78 is 26.7. The highest BCUT2D eigenvalue weighted by Crippen LogP contribution is 2.24. The Morgan fingerprint density at radius 1 is 1.10 bits per heavy atom. The maximum atomic E-state index is 12.7. The van der Waals surface area contributed by atoms with Crippen molar-refractivity contribution in [1.82, 2.24) is 8.96 Å². The fourth-order valence-corrected chi connectivity index (χ4v) is 3.71. The summed E-state index contributed by atoms with van der Waals surface area (Å²) in [7, 11) is -3.65. The molecule has 0 atom stereocenters. The van der Waals surface area contributed by atoms with E-state index in [0.29, 0.717) is 22.5 Å². The molecule has 0 aliphatic rings. The molecule has 1 heterocycles. The van der Waals surface area contributed by atoms with Gasteiger partial charge in [-0.1, -0.05) is 18.2 Å². The summed E-state index contributed by atoms with van der Waals surface area (Å²) in [6.07, 6.45) is 0. The van der Waals surface area contributed by atoms with E-state index in [0.717, 1.165) is 0 Å². The topological polar surface area (TPSA) is 78.0 Å². The molecule has 6 heteroatoms. The number of nitrogen functional groups attached to an aromatic ring is 1. The molecular formula is C14H13N3O2S. The standard InChI is InChI=1S/C14H13N3O2S/c1-10-16-13-9-11(15)7-8-14(13)17(10)20(18,19)12-5-3-2-4-6-12/h2-9H,15H2,1H3. The summed E-state index contributed by atoms with van der Waals surface area (Å²) >= 11 is 0. The number of nitrogens with zero attached hydrogens (tertiary/aromatic N) is 2. The number of imidazole rings is 1. The van der Waals surface area contributed by atoms with Crippen LogP contribution in [0.3, 0.4) is 0 Å². The van der Waals surface area contributed by atoms with Crippen LogP contribution in [0.2, 0.25) is 0 Å². The second kappa shape index (κ2) is 4.35. The van der Waals surface area contributed by atoms with Crippen molar-refractivity contribution in [2.75, 3.05) is 5.73 Å². The zero-order chi connectivity index (χ0) is 14.3. The van der Waals surface area contributed by atoms with E-state index >= 15 is 0 Å². The quantitative estimate of drug-likeness (QED) is 0.733. The normalized spacial score (nSPS) is 11.8. The van der Waals surface area contributed by atoms with Crippen molar-refractivity contribution in [3.63, 3.8) is 0 Å².